The molecule has 0 spiro atoms. The number of rotatable bonds is 28. The number of alkyl halides is 2. The summed E-state index contributed by atoms with van der Waals surface area (Å²) in [6.45, 7) is 8.22. The lowest BCUT2D eigenvalue weighted by Crippen LogP contribution is -2.15. The molecule has 31 heavy (non-hydrogen) atoms. The fourth-order valence-electron chi connectivity index (χ4n) is 1.97. The minimum atomic E-state index is -0.470. The van der Waals surface area contributed by atoms with E-state index < -0.39 is 6.67 Å². The van der Waals surface area contributed by atoms with Gasteiger partial charge in [-0.15, -0.1) is 11.6 Å². The lowest BCUT2D eigenvalue weighted by molar-refractivity contribution is -0.0249. The molecule has 0 saturated carbocycles. The topological polar surface area (TPSA) is 83.1 Å². The van der Waals surface area contributed by atoms with Crippen molar-refractivity contribution in [3.63, 3.8) is 0 Å². The van der Waals surface area contributed by atoms with Crippen LogP contribution in [-0.4, -0.2) is 131 Å². The van der Waals surface area contributed by atoms with Crippen molar-refractivity contribution in [2.75, 3.05) is 131 Å². The van der Waals surface area contributed by atoms with Gasteiger partial charge in [0.05, 0.1) is 119 Å². The molecule has 0 atom stereocenters. The molecule has 0 bridgehead atoms. The molecule has 0 aromatic heterocycles. The largest absolute Gasteiger partial charge is 0.378 e. The highest BCUT2D eigenvalue weighted by atomic mass is 35.5. The van der Waals surface area contributed by atoms with Crippen molar-refractivity contribution >= 4 is 11.6 Å². The number of hydrogen-bond acceptors (Lipinski definition) is 9. The highest BCUT2D eigenvalue weighted by Crippen LogP contribution is 1.86. The molecule has 0 aliphatic carbocycles. The highest BCUT2D eigenvalue weighted by Gasteiger charge is 1.95. The second-order valence-electron chi connectivity index (χ2n) is 5.89. The van der Waals surface area contributed by atoms with Gasteiger partial charge in [-0.1, -0.05) is 0 Å². The van der Waals surface area contributed by atoms with Crippen molar-refractivity contribution in [2.45, 2.75) is 0 Å². The standard InChI is InChI=1S/C20H40ClFO9/c21-1-3-23-5-7-25-9-11-27-13-15-29-17-19-31-20-18-30-16-14-28-12-10-26-8-6-24-4-2-22/h1-20H2. The predicted molar refractivity (Wildman–Crippen MR) is 114 cm³/mol. The van der Waals surface area contributed by atoms with E-state index in [1.807, 2.05) is 0 Å². The molecule has 9 nitrogen and oxygen atoms in total. The van der Waals surface area contributed by atoms with Crippen molar-refractivity contribution in [3.05, 3.63) is 0 Å². The normalized spacial score (nSPS) is 11.4. The van der Waals surface area contributed by atoms with E-state index in [9.17, 15) is 4.39 Å². The zero-order chi connectivity index (χ0) is 22.5. The first kappa shape index (κ1) is 30.9. The van der Waals surface area contributed by atoms with Gasteiger partial charge in [-0.05, 0) is 0 Å². The highest BCUT2D eigenvalue weighted by molar-refractivity contribution is 6.17. The maximum atomic E-state index is 11.8. The second-order valence-corrected chi connectivity index (χ2v) is 6.27. The summed E-state index contributed by atoms with van der Waals surface area (Å²) < 4.78 is 59.4. The quantitative estimate of drug-likeness (QED) is 0.122. The average Bonchev–Trinajstić information content (AvgIpc) is 2.78. The Hall–Kier alpha value is -0.140. The summed E-state index contributed by atoms with van der Waals surface area (Å²) in [5, 5.41) is 0. The maximum absolute atomic E-state index is 11.8. The van der Waals surface area contributed by atoms with E-state index in [4.69, 9.17) is 54.2 Å². The number of halogens is 2. The third-order valence-corrected chi connectivity index (χ3v) is 3.57. The molecule has 0 heterocycles. The van der Waals surface area contributed by atoms with Gasteiger partial charge in [-0.3, -0.25) is 0 Å². The summed E-state index contributed by atoms with van der Waals surface area (Å²) in [6, 6.07) is 0. The molecule has 0 amide bonds. The monoisotopic (exact) mass is 478 g/mol. The van der Waals surface area contributed by atoms with Gasteiger partial charge in [0.1, 0.15) is 6.67 Å². The van der Waals surface area contributed by atoms with Crippen molar-refractivity contribution in [1.29, 1.82) is 0 Å². The Kier molecular flexibility index (Phi) is 29.7. The molecule has 0 rings (SSSR count). The molecule has 0 aliphatic rings. The number of ether oxygens (including phenoxy) is 9. The van der Waals surface area contributed by atoms with Crippen LogP contribution in [0, 0.1) is 0 Å². The Morgan fingerprint density at radius 1 is 0.323 bits per heavy atom. The molecule has 0 radical (unpaired) electrons. The van der Waals surface area contributed by atoms with Gasteiger partial charge in [0.2, 0.25) is 0 Å². The lowest BCUT2D eigenvalue weighted by atomic mass is 10.6. The molecule has 0 fully saturated rings. The summed E-state index contributed by atoms with van der Waals surface area (Å²) in [6.07, 6.45) is 0. The Labute approximate surface area is 190 Å². The first-order valence-corrected chi connectivity index (χ1v) is 11.3. The summed E-state index contributed by atoms with van der Waals surface area (Å²) >= 11 is 5.48. The summed E-state index contributed by atoms with van der Waals surface area (Å²) in [7, 11) is 0. The molecule has 0 aromatic rings. The molecule has 0 N–H and O–H groups in total. The van der Waals surface area contributed by atoms with Crippen LogP contribution < -0.4 is 0 Å². The molecule has 188 valence electrons. The Morgan fingerprint density at radius 3 is 0.710 bits per heavy atom. The zero-order valence-corrected chi connectivity index (χ0v) is 19.3. The lowest BCUT2D eigenvalue weighted by Gasteiger charge is -2.08. The maximum Gasteiger partial charge on any atom is 0.113 e. The van der Waals surface area contributed by atoms with E-state index in [0.29, 0.717) is 118 Å². The molecular weight excluding hydrogens is 439 g/mol. The fraction of sp³-hybridized carbons (Fsp3) is 1.00. The van der Waals surface area contributed by atoms with Crippen molar-refractivity contribution in [2.24, 2.45) is 0 Å². The Bertz CT molecular complexity index is 292. The third-order valence-electron chi connectivity index (χ3n) is 3.42. The summed E-state index contributed by atoms with van der Waals surface area (Å²) in [5.41, 5.74) is 0. The van der Waals surface area contributed by atoms with E-state index >= 15 is 0 Å². The third kappa shape index (κ3) is 29.9. The minimum Gasteiger partial charge on any atom is -0.378 e. The number of hydrogen-bond donors (Lipinski definition) is 0. The Balaban J connectivity index is 2.98. The molecule has 0 saturated heterocycles. The van der Waals surface area contributed by atoms with E-state index in [1.54, 1.807) is 0 Å². The van der Waals surface area contributed by atoms with Crippen molar-refractivity contribution in [3.8, 4) is 0 Å². The molecule has 0 aliphatic heterocycles. The van der Waals surface area contributed by atoms with E-state index in [2.05, 4.69) is 0 Å². The van der Waals surface area contributed by atoms with Crippen LogP contribution in [-0.2, 0) is 42.6 Å². The van der Waals surface area contributed by atoms with Crippen LogP contribution in [0.15, 0.2) is 0 Å². The van der Waals surface area contributed by atoms with Gasteiger partial charge in [-0.2, -0.15) is 0 Å². The van der Waals surface area contributed by atoms with E-state index in [1.165, 1.54) is 0 Å². The Morgan fingerprint density at radius 2 is 0.516 bits per heavy atom. The van der Waals surface area contributed by atoms with Gasteiger partial charge < -0.3 is 42.6 Å². The van der Waals surface area contributed by atoms with Crippen LogP contribution in [0.2, 0.25) is 0 Å². The smallest absolute Gasteiger partial charge is 0.113 e. The first-order chi connectivity index (χ1) is 15.4. The average molecular weight is 479 g/mol. The summed E-state index contributed by atoms with van der Waals surface area (Å²) in [4.78, 5) is 0. The zero-order valence-electron chi connectivity index (χ0n) is 18.6. The van der Waals surface area contributed by atoms with Crippen LogP contribution in [0.25, 0.3) is 0 Å². The van der Waals surface area contributed by atoms with Crippen LogP contribution >= 0.6 is 11.6 Å². The summed E-state index contributed by atoms with van der Waals surface area (Å²) in [5.74, 6) is 0.498. The van der Waals surface area contributed by atoms with Crippen LogP contribution in [0.5, 0.6) is 0 Å². The SMILES string of the molecule is FCCOCCOCCOCCOCCOCCOCCOCCOCCOCCCl. The minimum absolute atomic E-state index is 0.118. The van der Waals surface area contributed by atoms with Crippen molar-refractivity contribution in [1.82, 2.24) is 0 Å². The molecule has 11 heteroatoms. The van der Waals surface area contributed by atoms with Crippen molar-refractivity contribution < 1.29 is 47.0 Å². The van der Waals surface area contributed by atoms with Crippen LogP contribution in [0.4, 0.5) is 4.39 Å². The van der Waals surface area contributed by atoms with Gasteiger partial charge in [0, 0.05) is 5.88 Å². The van der Waals surface area contributed by atoms with Crippen LogP contribution in [0.1, 0.15) is 0 Å². The first-order valence-electron chi connectivity index (χ1n) is 10.7. The van der Waals surface area contributed by atoms with Gasteiger partial charge in [0.25, 0.3) is 0 Å². The fourth-order valence-corrected chi connectivity index (χ4v) is 2.08. The molecule has 0 aromatic carbocycles. The second kappa shape index (κ2) is 29.9. The predicted octanol–water partition coefficient (Wildman–Crippen LogP) is 1.34. The van der Waals surface area contributed by atoms with Gasteiger partial charge in [-0.25, -0.2) is 4.39 Å². The van der Waals surface area contributed by atoms with E-state index in [0.717, 1.165) is 0 Å². The van der Waals surface area contributed by atoms with Gasteiger partial charge >= 0.3 is 0 Å². The molecule has 0 unspecified atom stereocenters. The van der Waals surface area contributed by atoms with Gasteiger partial charge in [0.15, 0.2) is 0 Å². The van der Waals surface area contributed by atoms with E-state index in [-0.39, 0.29) is 6.61 Å². The van der Waals surface area contributed by atoms with Crippen LogP contribution in [0.3, 0.4) is 0 Å². The molecular formula is C20H40ClFO9.